The third-order valence-corrected chi connectivity index (χ3v) is 3.24. The first-order valence-electron chi connectivity index (χ1n) is 6.32. The summed E-state index contributed by atoms with van der Waals surface area (Å²) in [7, 11) is 0. The van der Waals surface area contributed by atoms with Crippen molar-refractivity contribution in [3.05, 3.63) is 72.2 Å². The molecule has 0 saturated heterocycles. The molecular weight excluding hydrogens is 234 g/mol. The van der Waals surface area contributed by atoms with Crippen LogP contribution in [0.25, 0.3) is 10.9 Å². The number of pyridine rings is 2. The molecule has 0 unspecified atom stereocenters. The van der Waals surface area contributed by atoms with Crippen molar-refractivity contribution in [2.75, 3.05) is 0 Å². The van der Waals surface area contributed by atoms with Gasteiger partial charge in [0.05, 0.1) is 5.52 Å². The van der Waals surface area contributed by atoms with Gasteiger partial charge in [0.2, 0.25) is 0 Å². The van der Waals surface area contributed by atoms with Crippen LogP contribution in [0.15, 0.2) is 61.1 Å². The van der Waals surface area contributed by atoms with Crippen molar-refractivity contribution in [3.63, 3.8) is 0 Å². The van der Waals surface area contributed by atoms with Crippen LogP contribution in [-0.2, 0) is 6.42 Å². The highest BCUT2D eigenvalue weighted by Crippen LogP contribution is 2.19. The summed E-state index contributed by atoms with van der Waals surface area (Å²) in [6.07, 6.45) is 6.25. The van der Waals surface area contributed by atoms with Gasteiger partial charge in [-0.05, 0) is 41.8 Å². The normalized spacial score (nSPS) is 12.5. The second-order valence-electron chi connectivity index (χ2n) is 4.63. The monoisotopic (exact) mass is 249 g/mol. The summed E-state index contributed by atoms with van der Waals surface area (Å²) in [6.45, 7) is 0. The number of rotatable bonds is 3. The number of hydrogen-bond acceptors (Lipinski definition) is 3. The fourth-order valence-electron chi connectivity index (χ4n) is 2.18. The molecule has 3 nitrogen and oxygen atoms in total. The zero-order chi connectivity index (χ0) is 13.1. The van der Waals surface area contributed by atoms with Gasteiger partial charge in [0.1, 0.15) is 0 Å². The van der Waals surface area contributed by atoms with Crippen molar-refractivity contribution >= 4 is 10.9 Å². The van der Waals surface area contributed by atoms with Crippen molar-refractivity contribution in [2.24, 2.45) is 5.73 Å². The quantitative estimate of drug-likeness (QED) is 0.776. The lowest BCUT2D eigenvalue weighted by molar-refractivity contribution is 0.719. The number of benzene rings is 1. The summed E-state index contributed by atoms with van der Waals surface area (Å²) in [5.74, 6) is 0. The Morgan fingerprint density at radius 2 is 1.84 bits per heavy atom. The zero-order valence-corrected chi connectivity index (χ0v) is 10.5. The molecule has 2 heterocycles. The predicted octanol–water partition coefficient (Wildman–Crippen LogP) is 2.87. The van der Waals surface area contributed by atoms with E-state index in [9.17, 15) is 0 Å². The first kappa shape index (κ1) is 11.8. The van der Waals surface area contributed by atoms with E-state index in [1.54, 1.807) is 12.4 Å². The lowest BCUT2D eigenvalue weighted by Crippen LogP contribution is -2.13. The highest BCUT2D eigenvalue weighted by Gasteiger charge is 2.08. The number of fused-ring (bicyclic) bond motifs is 1. The van der Waals surface area contributed by atoms with Gasteiger partial charge in [-0.2, -0.15) is 0 Å². The Balaban J connectivity index is 1.87. The van der Waals surface area contributed by atoms with Crippen molar-refractivity contribution in [1.29, 1.82) is 0 Å². The Labute approximate surface area is 112 Å². The first-order valence-corrected chi connectivity index (χ1v) is 6.32. The van der Waals surface area contributed by atoms with E-state index in [1.165, 1.54) is 5.56 Å². The summed E-state index contributed by atoms with van der Waals surface area (Å²) >= 11 is 0. The summed E-state index contributed by atoms with van der Waals surface area (Å²) < 4.78 is 0. The maximum absolute atomic E-state index is 6.26. The molecule has 3 heteroatoms. The smallest absolute Gasteiger partial charge is 0.0702 e. The number of para-hydroxylation sites is 1. The van der Waals surface area contributed by atoms with Gasteiger partial charge in [0, 0.05) is 30.0 Å². The number of nitrogens with two attached hydrogens (primary N) is 1. The maximum Gasteiger partial charge on any atom is 0.0702 e. The predicted molar refractivity (Wildman–Crippen MR) is 76.6 cm³/mol. The molecular formula is C16H15N3. The van der Waals surface area contributed by atoms with Crippen LogP contribution >= 0.6 is 0 Å². The van der Waals surface area contributed by atoms with Crippen molar-refractivity contribution in [3.8, 4) is 0 Å². The van der Waals surface area contributed by atoms with Gasteiger partial charge < -0.3 is 5.73 Å². The van der Waals surface area contributed by atoms with E-state index in [0.29, 0.717) is 0 Å². The van der Waals surface area contributed by atoms with Gasteiger partial charge in [-0.25, -0.2) is 0 Å². The summed E-state index contributed by atoms with van der Waals surface area (Å²) in [4.78, 5) is 8.46. The van der Waals surface area contributed by atoms with Crippen LogP contribution < -0.4 is 5.73 Å². The maximum atomic E-state index is 6.26. The largest absolute Gasteiger partial charge is 0.324 e. The van der Waals surface area contributed by atoms with Gasteiger partial charge in [-0.3, -0.25) is 9.97 Å². The van der Waals surface area contributed by atoms with Crippen LogP contribution in [-0.4, -0.2) is 9.97 Å². The summed E-state index contributed by atoms with van der Waals surface area (Å²) in [6, 6.07) is 14.1. The Bertz CT molecular complexity index is 680. The van der Waals surface area contributed by atoms with E-state index >= 15 is 0 Å². The minimum Gasteiger partial charge on any atom is -0.324 e. The average Bonchev–Trinajstić information content (AvgIpc) is 2.48. The minimum absolute atomic E-state index is 0.0421. The van der Waals surface area contributed by atoms with Crippen LogP contribution in [0.4, 0.5) is 0 Å². The summed E-state index contributed by atoms with van der Waals surface area (Å²) in [5, 5.41) is 1.13. The molecule has 0 aliphatic heterocycles. The molecule has 1 aromatic carbocycles. The second kappa shape index (κ2) is 5.16. The van der Waals surface area contributed by atoms with Crippen LogP contribution in [0.3, 0.4) is 0 Å². The standard InChI is InChI=1S/C16H15N3/c17-15(9-12-5-7-18-8-6-12)14-10-13-3-1-2-4-16(13)19-11-14/h1-8,10-11,15H,9,17H2/t15-/m0/s1. The molecule has 0 amide bonds. The van der Waals surface area contributed by atoms with Crippen LogP contribution in [0.2, 0.25) is 0 Å². The SMILES string of the molecule is N[C@@H](Cc1ccncc1)c1cnc2ccccc2c1. The average molecular weight is 249 g/mol. The molecule has 0 saturated carbocycles. The van der Waals surface area contributed by atoms with Crippen LogP contribution in [0.5, 0.6) is 0 Å². The molecule has 2 aromatic heterocycles. The molecule has 0 bridgehead atoms. The molecule has 3 rings (SSSR count). The molecule has 94 valence electrons. The van der Waals surface area contributed by atoms with Gasteiger partial charge in [0.15, 0.2) is 0 Å². The van der Waals surface area contributed by atoms with Crippen molar-refractivity contribution < 1.29 is 0 Å². The van der Waals surface area contributed by atoms with E-state index in [1.807, 2.05) is 36.5 Å². The Kier molecular flexibility index (Phi) is 3.21. The highest BCUT2D eigenvalue weighted by atomic mass is 14.7. The minimum atomic E-state index is -0.0421. The molecule has 0 fully saturated rings. The zero-order valence-electron chi connectivity index (χ0n) is 10.5. The Morgan fingerprint density at radius 3 is 2.68 bits per heavy atom. The van der Waals surface area contributed by atoms with E-state index < -0.39 is 0 Å². The molecule has 2 N–H and O–H groups in total. The third kappa shape index (κ3) is 2.61. The van der Waals surface area contributed by atoms with E-state index in [-0.39, 0.29) is 6.04 Å². The van der Waals surface area contributed by atoms with Crippen molar-refractivity contribution in [2.45, 2.75) is 12.5 Å². The summed E-state index contributed by atoms with van der Waals surface area (Å²) in [5.41, 5.74) is 9.52. The van der Waals surface area contributed by atoms with Gasteiger partial charge in [0.25, 0.3) is 0 Å². The third-order valence-electron chi connectivity index (χ3n) is 3.24. The van der Waals surface area contributed by atoms with Crippen molar-refractivity contribution in [1.82, 2.24) is 9.97 Å². The number of nitrogens with zero attached hydrogens (tertiary/aromatic N) is 2. The molecule has 0 aliphatic carbocycles. The Morgan fingerprint density at radius 1 is 1.05 bits per heavy atom. The topological polar surface area (TPSA) is 51.8 Å². The molecule has 0 radical (unpaired) electrons. The molecule has 0 aliphatic rings. The fourth-order valence-corrected chi connectivity index (χ4v) is 2.18. The number of aromatic nitrogens is 2. The molecule has 1 atom stereocenters. The lowest BCUT2D eigenvalue weighted by atomic mass is 10.0. The van der Waals surface area contributed by atoms with Crippen LogP contribution in [0, 0.1) is 0 Å². The van der Waals surface area contributed by atoms with Gasteiger partial charge in [-0.1, -0.05) is 18.2 Å². The number of hydrogen-bond donors (Lipinski definition) is 1. The molecule has 0 spiro atoms. The second-order valence-corrected chi connectivity index (χ2v) is 4.63. The van der Waals surface area contributed by atoms with E-state index in [0.717, 1.165) is 22.9 Å². The highest BCUT2D eigenvalue weighted by molar-refractivity contribution is 5.78. The molecule has 3 aromatic rings. The van der Waals surface area contributed by atoms with E-state index in [2.05, 4.69) is 22.1 Å². The van der Waals surface area contributed by atoms with Gasteiger partial charge >= 0.3 is 0 Å². The first-order chi connectivity index (χ1) is 9.33. The van der Waals surface area contributed by atoms with Gasteiger partial charge in [-0.15, -0.1) is 0 Å². The molecule has 19 heavy (non-hydrogen) atoms. The Hall–Kier alpha value is -2.26. The van der Waals surface area contributed by atoms with Crippen LogP contribution in [0.1, 0.15) is 17.2 Å². The van der Waals surface area contributed by atoms with E-state index in [4.69, 9.17) is 5.73 Å². The fraction of sp³-hybridized carbons (Fsp3) is 0.125. The lowest BCUT2D eigenvalue weighted by Gasteiger charge is -2.12.